The van der Waals surface area contributed by atoms with E-state index in [0.717, 1.165) is 29.0 Å². The standard InChI is InChI=1S/C20H22N4O3S/c1-20(2)9-12-16(13(25)10-20)17(24-18(21-12)22-19(23-24)28-3)11-4-5-14-15(8-11)27-7-6-26-14/h4-5,8,17H,6-7,9-10H2,1-3H3,(H,21,22,23). The van der Waals surface area contributed by atoms with Gasteiger partial charge < -0.3 is 14.8 Å². The van der Waals surface area contributed by atoms with Gasteiger partial charge in [-0.1, -0.05) is 31.7 Å². The van der Waals surface area contributed by atoms with E-state index in [4.69, 9.17) is 9.47 Å². The highest BCUT2D eigenvalue weighted by molar-refractivity contribution is 7.98. The van der Waals surface area contributed by atoms with Crippen LogP contribution in [0.4, 0.5) is 5.95 Å². The van der Waals surface area contributed by atoms with Gasteiger partial charge in [0.1, 0.15) is 19.3 Å². The number of thioether (sulfide) groups is 1. The van der Waals surface area contributed by atoms with Gasteiger partial charge in [0, 0.05) is 17.7 Å². The number of ether oxygens (including phenoxy) is 2. The molecule has 28 heavy (non-hydrogen) atoms. The van der Waals surface area contributed by atoms with Gasteiger partial charge in [-0.15, -0.1) is 5.10 Å². The number of fused-ring (bicyclic) bond motifs is 2. The molecule has 0 saturated carbocycles. The van der Waals surface area contributed by atoms with Crippen LogP contribution in [0.5, 0.6) is 11.5 Å². The summed E-state index contributed by atoms with van der Waals surface area (Å²) < 4.78 is 13.3. The normalized spacial score (nSPS) is 22.4. The number of nitrogens with zero attached hydrogens (tertiary/aromatic N) is 3. The molecule has 3 heterocycles. The van der Waals surface area contributed by atoms with Crippen LogP contribution in [0.2, 0.25) is 0 Å². The number of hydrogen-bond donors (Lipinski definition) is 1. The predicted octanol–water partition coefficient (Wildman–Crippen LogP) is 3.43. The van der Waals surface area contributed by atoms with Crippen LogP contribution in [0.25, 0.3) is 0 Å². The van der Waals surface area contributed by atoms with Crippen molar-refractivity contribution in [3.05, 3.63) is 35.0 Å². The maximum atomic E-state index is 13.2. The Hall–Kier alpha value is -2.48. The van der Waals surface area contributed by atoms with Crippen LogP contribution in [0.15, 0.2) is 34.6 Å². The molecule has 3 aliphatic rings. The molecule has 0 spiro atoms. The molecule has 2 aliphatic heterocycles. The van der Waals surface area contributed by atoms with Crippen molar-refractivity contribution in [3.63, 3.8) is 0 Å². The summed E-state index contributed by atoms with van der Waals surface area (Å²) >= 11 is 1.49. The summed E-state index contributed by atoms with van der Waals surface area (Å²) in [6.07, 6.45) is 3.27. The van der Waals surface area contributed by atoms with Gasteiger partial charge in [0.25, 0.3) is 0 Å². The molecule has 7 nitrogen and oxygen atoms in total. The Balaban J connectivity index is 1.68. The molecule has 2 aromatic rings. The van der Waals surface area contributed by atoms with E-state index in [1.165, 1.54) is 11.8 Å². The Kier molecular flexibility index (Phi) is 3.94. The Bertz CT molecular complexity index is 1010. The summed E-state index contributed by atoms with van der Waals surface area (Å²) in [4.78, 5) is 17.8. The second kappa shape index (κ2) is 6.27. The van der Waals surface area contributed by atoms with Gasteiger partial charge in [-0.3, -0.25) is 4.79 Å². The van der Waals surface area contributed by atoms with E-state index in [1.807, 2.05) is 29.1 Å². The molecule has 1 aliphatic carbocycles. The monoisotopic (exact) mass is 398 g/mol. The second-order valence-electron chi connectivity index (χ2n) is 8.13. The number of benzene rings is 1. The molecular formula is C20H22N4O3S. The Morgan fingerprint density at radius 1 is 1.21 bits per heavy atom. The van der Waals surface area contributed by atoms with Crippen molar-refractivity contribution < 1.29 is 14.3 Å². The smallest absolute Gasteiger partial charge is 0.227 e. The Labute approximate surface area is 167 Å². The van der Waals surface area contributed by atoms with Crippen LogP contribution < -0.4 is 14.8 Å². The van der Waals surface area contributed by atoms with Gasteiger partial charge in [-0.2, -0.15) is 4.98 Å². The quantitative estimate of drug-likeness (QED) is 0.777. The number of anilines is 1. The molecule has 8 heteroatoms. The summed E-state index contributed by atoms with van der Waals surface area (Å²) in [5.74, 6) is 2.27. The third kappa shape index (κ3) is 2.78. The SMILES string of the molecule is CSc1nc2n(n1)C(c1ccc3c(c1)OCCO3)C1=C(CC(C)(C)CC1=O)N2. The molecule has 0 bridgehead atoms. The van der Waals surface area contributed by atoms with E-state index in [0.29, 0.717) is 36.5 Å². The van der Waals surface area contributed by atoms with Crippen molar-refractivity contribution in [1.29, 1.82) is 0 Å². The summed E-state index contributed by atoms with van der Waals surface area (Å²) in [5.41, 5.74) is 2.60. The fourth-order valence-electron chi connectivity index (χ4n) is 4.21. The number of allylic oxidation sites excluding steroid dienone is 2. The predicted molar refractivity (Wildman–Crippen MR) is 106 cm³/mol. The van der Waals surface area contributed by atoms with Crippen LogP contribution in [-0.4, -0.2) is 40.0 Å². The van der Waals surface area contributed by atoms with Crippen LogP contribution in [0.1, 0.15) is 38.3 Å². The number of carbonyl (C=O) groups is 1. The number of Topliss-reactive ketones (excluding diaryl/α,β-unsaturated/α-hetero) is 1. The molecule has 1 N–H and O–H groups in total. The van der Waals surface area contributed by atoms with Gasteiger partial charge in [0.2, 0.25) is 11.1 Å². The van der Waals surface area contributed by atoms with E-state index in [1.54, 1.807) is 0 Å². The minimum atomic E-state index is -0.320. The van der Waals surface area contributed by atoms with Gasteiger partial charge in [0.15, 0.2) is 17.3 Å². The first-order chi connectivity index (χ1) is 13.4. The number of carbonyl (C=O) groups excluding carboxylic acids is 1. The van der Waals surface area contributed by atoms with Crippen molar-refractivity contribution in [3.8, 4) is 11.5 Å². The molecule has 1 aromatic carbocycles. The lowest BCUT2D eigenvalue weighted by Gasteiger charge is -2.38. The van der Waals surface area contributed by atoms with Gasteiger partial charge in [-0.25, -0.2) is 4.68 Å². The molecule has 5 rings (SSSR count). The topological polar surface area (TPSA) is 78.3 Å². The highest BCUT2D eigenvalue weighted by Gasteiger charge is 2.42. The summed E-state index contributed by atoms with van der Waals surface area (Å²) in [5, 5.41) is 8.71. The second-order valence-corrected chi connectivity index (χ2v) is 8.90. The van der Waals surface area contributed by atoms with Crippen molar-refractivity contribution >= 4 is 23.5 Å². The minimum Gasteiger partial charge on any atom is -0.486 e. The molecule has 1 unspecified atom stereocenters. The number of ketones is 1. The van der Waals surface area contributed by atoms with Gasteiger partial charge in [0.05, 0.1) is 0 Å². The first-order valence-corrected chi connectivity index (χ1v) is 10.6. The summed E-state index contributed by atoms with van der Waals surface area (Å²) in [6, 6.07) is 5.55. The first kappa shape index (κ1) is 17.6. The van der Waals surface area contributed by atoms with Crippen LogP contribution >= 0.6 is 11.8 Å². The van der Waals surface area contributed by atoms with Crippen molar-refractivity contribution in [1.82, 2.24) is 14.8 Å². The molecule has 0 saturated heterocycles. The number of rotatable bonds is 2. The lowest BCUT2D eigenvalue weighted by molar-refractivity contribution is -0.118. The third-order valence-corrected chi connectivity index (χ3v) is 5.92. The highest BCUT2D eigenvalue weighted by atomic mass is 32.2. The lowest BCUT2D eigenvalue weighted by atomic mass is 9.73. The van der Waals surface area contributed by atoms with E-state index in [2.05, 4.69) is 29.2 Å². The van der Waals surface area contributed by atoms with Crippen LogP contribution in [0, 0.1) is 5.41 Å². The number of nitrogens with one attached hydrogen (secondary N) is 1. The fraction of sp³-hybridized carbons (Fsp3) is 0.450. The maximum absolute atomic E-state index is 13.2. The third-order valence-electron chi connectivity index (χ3n) is 5.38. The van der Waals surface area contributed by atoms with Crippen LogP contribution in [-0.2, 0) is 4.79 Å². The average Bonchev–Trinajstić information content (AvgIpc) is 3.07. The summed E-state index contributed by atoms with van der Waals surface area (Å²) in [6.45, 7) is 5.33. The molecule has 1 atom stereocenters. The van der Waals surface area contributed by atoms with Crippen LogP contribution in [0.3, 0.4) is 0 Å². The molecule has 0 fully saturated rings. The van der Waals surface area contributed by atoms with E-state index >= 15 is 0 Å². The molecule has 0 radical (unpaired) electrons. The van der Waals surface area contributed by atoms with Gasteiger partial charge in [-0.05, 0) is 35.8 Å². The minimum absolute atomic E-state index is 0.0786. The van der Waals surface area contributed by atoms with Gasteiger partial charge >= 0.3 is 0 Å². The molecule has 0 amide bonds. The van der Waals surface area contributed by atoms with Crippen molar-refractivity contribution in [2.24, 2.45) is 5.41 Å². The lowest BCUT2D eigenvalue weighted by Crippen LogP contribution is -2.36. The zero-order chi connectivity index (χ0) is 19.5. The van der Waals surface area contributed by atoms with Crippen molar-refractivity contribution in [2.75, 3.05) is 24.8 Å². The average molecular weight is 398 g/mol. The highest BCUT2D eigenvalue weighted by Crippen LogP contribution is 2.46. The Morgan fingerprint density at radius 3 is 2.79 bits per heavy atom. The van der Waals surface area contributed by atoms with E-state index in [9.17, 15) is 4.79 Å². The Morgan fingerprint density at radius 2 is 2.00 bits per heavy atom. The molecular weight excluding hydrogens is 376 g/mol. The summed E-state index contributed by atoms with van der Waals surface area (Å²) in [7, 11) is 0. The van der Waals surface area contributed by atoms with Crippen molar-refractivity contribution in [2.45, 2.75) is 37.9 Å². The zero-order valence-electron chi connectivity index (χ0n) is 16.1. The zero-order valence-corrected chi connectivity index (χ0v) is 16.9. The first-order valence-electron chi connectivity index (χ1n) is 9.38. The number of hydrogen-bond acceptors (Lipinski definition) is 7. The number of aromatic nitrogens is 3. The molecule has 1 aromatic heterocycles. The largest absolute Gasteiger partial charge is 0.486 e. The fourth-order valence-corrected chi connectivity index (χ4v) is 4.56. The van der Waals surface area contributed by atoms with E-state index in [-0.39, 0.29) is 17.2 Å². The molecule has 146 valence electrons. The van der Waals surface area contributed by atoms with E-state index < -0.39 is 0 Å². The maximum Gasteiger partial charge on any atom is 0.227 e.